The monoisotopic (exact) mass is 383 g/mol. The Morgan fingerprint density at radius 3 is 2.75 bits per heavy atom. The molecule has 1 spiro atoms. The Labute approximate surface area is 166 Å². The lowest BCUT2D eigenvalue weighted by atomic mass is 10.0. The second-order valence-corrected chi connectivity index (χ2v) is 8.76. The second-order valence-electron chi connectivity index (χ2n) is 8.76. The second kappa shape index (κ2) is 6.85. The first-order valence-electron chi connectivity index (χ1n) is 10.6. The summed E-state index contributed by atoms with van der Waals surface area (Å²) in [7, 11) is 2.06. The highest BCUT2D eigenvalue weighted by Gasteiger charge is 2.65. The van der Waals surface area contributed by atoms with E-state index in [1.165, 1.54) is 25.7 Å². The summed E-state index contributed by atoms with van der Waals surface area (Å²) in [4.78, 5) is 32.1. The molecule has 28 heavy (non-hydrogen) atoms. The molecule has 150 valence electrons. The fraction of sp³-hybridized carbons (Fsp3) is 0.636. The van der Waals surface area contributed by atoms with E-state index >= 15 is 0 Å². The lowest BCUT2D eigenvalue weighted by Gasteiger charge is -2.34. The molecule has 1 aromatic rings. The summed E-state index contributed by atoms with van der Waals surface area (Å²) >= 11 is 0. The number of nitrogens with zero attached hydrogens (tertiary/aromatic N) is 3. The van der Waals surface area contributed by atoms with E-state index in [0.717, 1.165) is 5.56 Å². The van der Waals surface area contributed by atoms with Crippen molar-refractivity contribution in [3.8, 4) is 0 Å². The molecule has 5 rings (SSSR count). The maximum absolute atomic E-state index is 13.1. The third-order valence-electron chi connectivity index (χ3n) is 7.29. The fourth-order valence-electron chi connectivity index (χ4n) is 5.84. The van der Waals surface area contributed by atoms with Crippen molar-refractivity contribution in [2.45, 2.75) is 62.4 Å². The molecule has 0 bridgehead atoms. The van der Waals surface area contributed by atoms with Crippen LogP contribution in [-0.2, 0) is 14.3 Å². The average Bonchev–Trinajstić information content (AvgIpc) is 3.45. The van der Waals surface area contributed by atoms with Crippen LogP contribution in [0.15, 0.2) is 30.3 Å². The normalized spacial score (nSPS) is 32.4. The van der Waals surface area contributed by atoms with Crippen LogP contribution in [0, 0.1) is 0 Å². The summed E-state index contributed by atoms with van der Waals surface area (Å²) < 4.78 is 6.31. The Balaban J connectivity index is 1.33. The largest absolute Gasteiger partial charge is 0.351 e. The summed E-state index contributed by atoms with van der Waals surface area (Å²) in [5.41, 5.74) is 0.484. The molecule has 3 atom stereocenters. The summed E-state index contributed by atoms with van der Waals surface area (Å²) in [5, 5.41) is 0. The van der Waals surface area contributed by atoms with E-state index in [1.807, 2.05) is 28.0 Å². The predicted molar refractivity (Wildman–Crippen MR) is 104 cm³/mol. The van der Waals surface area contributed by atoms with Crippen molar-refractivity contribution in [2.24, 2.45) is 0 Å². The highest BCUT2D eigenvalue weighted by Crippen LogP contribution is 2.51. The number of carbonyl (C=O) groups excluding carboxylic acids is 2. The van der Waals surface area contributed by atoms with Gasteiger partial charge in [-0.25, -0.2) is 0 Å². The number of likely N-dealkylation sites (tertiary alicyclic amines) is 1. The smallest absolute Gasteiger partial charge is 0.237 e. The minimum atomic E-state index is -0.626. The van der Waals surface area contributed by atoms with Gasteiger partial charge in [-0.15, -0.1) is 0 Å². The molecule has 0 unspecified atom stereocenters. The van der Waals surface area contributed by atoms with Crippen LogP contribution < -0.4 is 0 Å². The van der Waals surface area contributed by atoms with Gasteiger partial charge in [-0.3, -0.25) is 14.5 Å². The molecule has 3 heterocycles. The van der Waals surface area contributed by atoms with Gasteiger partial charge in [0.2, 0.25) is 11.8 Å². The molecule has 1 aliphatic carbocycles. The number of hydrogen-bond acceptors (Lipinski definition) is 4. The van der Waals surface area contributed by atoms with Gasteiger partial charge >= 0.3 is 0 Å². The summed E-state index contributed by atoms with van der Waals surface area (Å²) in [6.07, 6.45) is 5.98. The number of carbonyl (C=O) groups is 2. The predicted octanol–water partition coefficient (Wildman–Crippen LogP) is 2.16. The Hall–Kier alpha value is -1.92. The van der Waals surface area contributed by atoms with Gasteiger partial charge in [0.15, 0.2) is 5.72 Å². The third kappa shape index (κ3) is 2.69. The zero-order chi connectivity index (χ0) is 19.3. The van der Waals surface area contributed by atoms with Gasteiger partial charge < -0.3 is 14.5 Å². The number of amides is 2. The molecular weight excluding hydrogens is 354 g/mol. The standard InChI is InChI=1S/C22H29N3O3/c1-23(17-9-5-6-10-17)14-21(27)24-12-11-22-19(24)13-20(26)25(22)18(15-28-22)16-7-3-2-4-8-16/h2-4,7-8,17-19H,5-6,9-15H2,1H3/t18-,19+,22-/m0/s1. The van der Waals surface area contributed by atoms with E-state index in [-0.39, 0.29) is 23.9 Å². The zero-order valence-corrected chi connectivity index (χ0v) is 16.5. The van der Waals surface area contributed by atoms with E-state index in [0.29, 0.717) is 38.6 Å². The number of hydrogen-bond donors (Lipinski definition) is 0. The zero-order valence-electron chi connectivity index (χ0n) is 16.5. The molecule has 3 saturated heterocycles. The first kappa shape index (κ1) is 18.1. The van der Waals surface area contributed by atoms with E-state index in [1.54, 1.807) is 0 Å². The molecule has 0 aromatic heterocycles. The number of ether oxygens (including phenoxy) is 1. The summed E-state index contributed by atoms with van der Waals surface area (Å²) in [6.45, 7) is 1.62. The number of rotatable bonds is 4. The molecule has 3 aliphatic heterocycles. The van der Waals surface area contributed by atoms with Gasteiger partial charge in [0.1, 0.15) is 0 Å². The van der Waals surface area contributed by atoms with Gasteiger partial charge in [0, 0.05) is 19.0 Å². The van der Waals surface area contributed by atoms with E-state index in [2.05, 4.69) is 24.1 Å². The van der Waals surface area contributed by atoms with E-state index in [4.69, 9.17) is 4.74 Å². The van der Waals surface area contributed by atoms with E-state index < -0.39 is 5.72 Å². The molecule has 1 aromatic carbocycles. The van der Waals surface area contributed by atoms with Crippen molar-refractivity contribution in [3.05, 3.63) is 35.9 Å². The first-order chi connectivity index (χ1) is 13.6. The van der Waals surface area contributed by atoms with Gasteiger partial charge in [0.25, 0.3) is 0 Å². The van der Waals surface area contributed by atoms with Crippen molar-refractivity contribution in [1.29, 1.82) is 0 Å². The molecular formula is C22H29N3O3. The van der Waals surface area contributed by atoms with Crippen LogP contribution in [-0.4, -0.2) is 71.1 Å². The Morgan fingerprint density at radius 1 is 1.25 bits per heavy atom. The number of likely N-dealkylation sites (N-methyl/N-ethyl adjacent to an activating group) is 1. The van der Waals surface area contributed by atoms with Crippen LogP contribution in [0.4, 0.5) is 0 Å². The minimum Gasteiger partial charge on any atom is -0.351 e. The third-order valence-corrected chi connectivity index (χ3v) is 7.29. The van der Waals surface area contributed by atoms with Crippen LogP contribution >= 0.6 is 0 Å². The highest BCUT2D eigenvalue weighted by molar-refractivity contribution is 5.85. The maximum Gasteiger partial charge on any atom is 0.237 e. The maximum atomic E-state index is 13.1. The van der Waals surface area contributed by atoms with Crippen molar-refractivity contribution >= 4 is 11.8 Å². The average molecular weight is 383 g/mol. The van der Waals surface area contributed by atoms with Gasteiger partial charge in [-0.05, 0) is 25.5 Å². The number of benzene rings is 1. The van der Waals surface area contributed by atoms with Crippen molar-refractivity contribution in [2.75, 3.05) is 26.7 Å². The van der Waals surface area contributed by atoms with Crippen molar-refractivity contribution < 1.29 is 14.3 Å². The molecule has 2 amide bonds. The van der Waals surface area contributed by atoms with Crippen LogP contribution in [0.2, 0.25) is 0 Å². The molecule has 4 aliphatic rings. The van der Waals surface area contributed by atoms with Crippen LogP contribution in [0.1, 0.15) is 50.1 Å². The Bertz CT molecular complexity index is 764. The summed E-state index contributed by atoms with van der Waals surface area (Å²) in [5.74, 6) is 0.246. The fourth-order valence-corrected chi connectivity index (χ4v) is 5.84. The minimum absolute atomic E-state index is 0.0464. The molecule has 4 fully saturated rings. The molecule has 0 radical (unpaired) electrons. The molecule has 1 saturated carbocycles. The molecule has 0 N–H and O–H groups in total. The lowest BCUT2D eigenvalue weighted by Crippen LogP contribution is -2.51. The summed E-state index contributed by atoms with van der Waals surface area (Å²) in [6, 6.07) is 10.4. The highest BCUT2D eigenvalue weighted by atomic mass is 16.5. The van der Waals surface area contributed by atoms with Crippen molar-refractivity contribution in [3.63, 3.8) is 0 Å². The quantitative estimate of drug-likeness (QED) is 0.800. The van der Waals surface area contributed by atoms with Gasteiger partial charge in [0.05, 0.1) is 31.7 Å². The van der Waals surface area contributed by atoms with Crippen molar-refractivity contribution in [1.82, 2.24) is 14.7 Å². The van der Waals surface area contributed by atoms with Crippen LogP contribution in [0.3, 0.4) is 0 Å². The first-order valence-corrected chi connectivity index (χ1v) is 10.6. The van der Waals surface area contributed by atoms with E-state index in [9.17, 15) is 9.59 Å². The van der Waals surface area contributed by atoms with Crippen LogP contribution in [0.25, 0.3) is 0 Å². The van der Waals surface area contributed by atoms with Gasteiger partial charge in [-0.2, -0.15) is 0 Å². The van der Waals surface area contributed by atoms with Gasteiger partial charge in [-0.1, -0.05) is 43.2 Å². The van der Waals surface area contributed by atoms with Crippen LogP contribution in [0.5, 0.6) is 0 Å². The lowest BCUT2D eigenvalue weighted by molar-refractivity contribution is -0.141. The molecule has 6 heteroatoms. The topological polar surface area (TPSA) is 53.1 Å². The molecule has 6 nitrogen and oxygen atoms in total. The Morgan fingerprint density at radius 2 is 2.00 bits per heavy atom. The SMILES string of the molecule is CN(CC(=O)N1CC[C@@]23OC[C@@H](c4ccccc4)N2C(=O)C[C@@H]13)C1CCCC1. The Kier molecular flexibility index (Phi) is 4.43.